The lowest BCUT2D eigenvalue weighted by atomic mass is 9.94. The van der Waals surface area contributed by atoms with Gasteiger partial charge in [-0.25, -0.2) is 4.79 Å². The van der Waals surface area contributed by atoms with Crippen LogP contribution in [0.25, 0.3) is 0 Å². The minimum atomic E-state index is -4.57. The Morgan fingerprint density at radius 1 is 1.06 bits per heavy atom. The number of ether oxygens (including phenoxy) is 1. The van der Waals surface area contributed by atoms with Crippen molar-refractivity contribution in [3.05, 3.63) is 58.1 Å². The van der Waals surface area contributed by atoms with Crippen LogP contribution in [0.2, 0.25) is 5.02 Å². The van der Waals surface area contributed by atoms with Crippen LogP contribution in [0.5, 0.6) is 5.75 Å². The van der Waals surface area contributed by atoms with Gasteiger partial charge in [0.05, 0.1) is 16.8 Å². The standard InChI is InChI=1S/C26H30ClF3N2O3/c1-17-14-20(27)3-5-24(17)35-21-8-10-31(11-9-21)16-18-6-12-32(13-7-18)23-4-2-19(26(28,29)30)15-22(23)25(33)34/h2-5,14-15,18,21H,6-13,16H2,1H3,(H,33,34). The van der Waals surface area contributed by atoms with E-state index >= 15 is 0 Å². The van der Waals surface area contributed by atoms with E-state index in [9.17, 15) is 23.1 Å². The van der Waals surface area contributed by atoms with E-state index in [1.165, 1.54) is 6.07 Å². The van der Waals surface area contributed by atoms with Gasteiger partial charge in [0.25, 0.3) is 0 Å². The molecule has 190 valence electrons. The van der Waals surface area contributed by atoms with E-state index in [2.05, 4.69) is 4.90 Å². The van der Waals surface area contributed by atoms with Crippen LogP contribution in [-0.2, 0) is 6.18 Å². The molecule has 5 nitrogen and oxygen atoms in total. The molecule has 35 heavy (non-hydrogen) atoms. The van der Waals surface area contributed by atoms with Crippen molar-refractivity contribution in [3.8, 4) is 5.75 Å². The highest BCUT2D eigenvalue weighted by atomic mass is 35.5. The second kappa shape index (κ2) is 10.7. The lowest BCUT2D eigenvalue weighted by molar-refractivity contribution is -0.137. The highest BCUT2D eigenvalue weighted by molar-refractivity contribution is 6.30. The normalized spacial score (nSPS) is 18.6. The average Bonchev–Trinajstić information content (AvgIpc) is 2.81. The largest absolute Gasteiger partial charge is 0.490 e. The lowest BCUT2D eigenvalue weighted by Gasteiger charge is -2.38. The Labute approximate surface area is 208 Å². The number of anilines is 1. The van der Waals surface area contributed by atoms with Crippen molar-refractivity contribution in [3.63, 3.8) is 0 Å². The van der Waals surface area contributed by atoms with Crippen LogP contribution in [-0.4, -0.2) is 54.8 Å². The molecule has 2 aliphatic heterocycles. The number of benzene rings is 2. The zero-order valence-electron chi connectivity index (χ0n) is 19.7. The van der Waals surface area contributed by atoms with E-state index in [4.69, 9.17) is 16.3 Å². The van der Waals surface area contributed by atoms with Crippen molar-refractivity contribution >= 4 is 23.3 Å². The first-order valence-corrected chi connectivity index (χ1v) is 12.3. The van der Waals surface area contributed by atoms with Gasteiger partial charge in [0.2, 0.25) is 0 Å². The van der Waals surface area contributed by atoms with Gasteiger partial charge in [-0.15, -0.1) is 0 Å². The fourth-order valence-corrected chi connectivity index (χ4v) is 5.24. The van der Waals surface area contributed by atoms with Gasteiger partial charge < -0.3 is 19.6 Å². The predicted octanol–water partition coefficient (Wildman–Crippen LogP) is 6.13. The molecule has 2 aliphatic rings. The number of halogens is 4. The minimum Gasteiger partial charge on any atom is -0.490 e. The number of aromatic carboxylic acids is 1. The summed E-state index contributed by atoms with van der Waals surface area (Å²) in [5.74, 6) is 0.0151. The fourth-order valence-electron chi connectivity index (χ4n) is 5.02. The van der Waals surface area contributed by atoms with E-state index in [1.54, 1.807) is 0 Å². The molecule has 2 aromatic carbocycles. The highest BCUT2D eigenvalue weighted by Gasteiger charge is 2.33. The number of carbonyl (C=O) groups is 1. The van der Waals surface area contributed by atoms with Crippen LogP contribution in [0, 0.1) is 12.8 Å². The van der Waals surface area contributed by atoms with Crippen LogP contribution in [0.1, 0.15) is 47.2 Å². The molecule has 0 atom stereocenters. The summed E-state index contributed by atoms with van der Waals surface area (Å²) in [5.41, 5.74) is 0.161. The van der Waals surface area contributed by atoms with Crippen LogP contribution in [0.15, 0.2) is 36.4 Å². The summed E-state index contributed by atoms with van der Waals surface area (Å²) in [7, 11) is 0. The van der Waals surface area contributed by atoms with E-state index in [0.717, 1.165) is 68.8 Å². The number of likely N-dealkylation sites (tertiary alicyclic amines) is 1. The van der Waals surface area contributed by atoms with E-state index in [-0.39, 0.29) is 11.7 Å². The number of carboxylic acids is 1. The van der Waals surface area contributed by atoms with Gasteiger partial charge in [-0.2, -0.15) is 13.2 Å². The second-order valence-electron chi connectivity index (χ2n) is 9.49. The highest BCUT2D eigenvalue weighted by Crippen LogP contribution is 2.34. The summed E-state index contributed by atoms with van der Waals surface area (Å²) >= 11 is 6.03. The van der Waals surface area contributed by atoms with Crippen LogP contribution < -0.4 is 9.64 Å². The van der Waals surface area contributed by atoms with Crippen molar-refractivity contribution in [2.75, 3.05) is 37.6 Å². The Morgan fingerprint density at radius 2 is 1.74 bits per heavy atom. The number of aryl methyl sites for hydroxylation is 1. The molecule has 0 saturated carbocycles. The fraction of sp³-hybridized carbons (Fsp3) is 0.500. The summed E-state index contributed by atoms with van der Waals surface area (Å²) < 4.78 is 45.3. The number of alkyl halides is 3. The molecule has 9 heteroatoms. The number of nitrogens with zero attached hydrogens (tertiary/aromatic N) is 2. The van der Waals surface area contributed by atoms with Gasteiger partial charge in [0.15, 0.2) is 0 Å². The molecule has 0 aromatic heterocycles. The molecule has 0 aliphatic carbocycles. The molecule has 2 aromatic rings. The second-order valence-corrected chi connectivity index (χ2v) is 9.93. The monoisotopic (exact) mass is 510 g/mol. The Balaban J connectivity index is 1.27. The van der Waals surface area contributed by atoms with E-state index in [0.29, 0.717) is 29.7 Å². The molecule has 0 unspecified atom stereocenters. The number of piperidine rings is 2. The minimum absolute atomic E-state index is 0.182. The van der Waals surface area contributed by atoms with E-state index < -0.39 is 17.7 Å². The van der Waals surface area contributed by atoms with Gasteiger partial charge in [0, 0.05) is 37.7 Å². The van der Waals surface area contributed by atoms with Crippen LogP contribution >= 0.6 is 11.6 Å². The number of carboxylic acid groups (broad SMARTS) is 1. The third-order valence-corrected chi connectivity index (χ3v) is 7.23. The average molecular weight is 511 g/mol. The Hall–Kier alpha value is -2.45. The molecule has 2 fully saturated rings. The van der Waals surface area contributed by atoms with Crippen molar-refractivity contribution in [2.45, 2.75) is 44.9 Å². The quantitative estimate of drug-likeness (QED) is 0.507. The Morgan fingerprint density at radius 3 is 2.34 bits per heavy atom. The molecule has 2 saturated heterocycles. The summed E-state index contributed by atoms with van der Waals surface area (Å²) in [6.45, 7) is 6.14. The molecular formula is C26H30ClF3N2O3. The van der Waals surface area contributed by atoms with Gasteiger partial charge in [0.1, 0.15) is 11.9 Å². The molecule has 0 radical (unpaired) electrons. The maximum Gasteiger partial charge on any atom is 0.416 e. The molecule has 0 bridgehead atoms. The smallest absolute Gasteiger partial charge is 0.416 e. The maximum atomic E-state index is 13.0. The van der Waals surface area contributed by atoms with Gasteiger partial charge in [-0.3, -0.25) is 0 Å². The summed E-state index contributed by atoms with van der Waals surface area (Å²) in [6, 6.07) is 8.66. The molecule has 0 amide bonds. The molecular weight excluding hydrogens is 481 g/mol. The first-order valence-electron chi connectivity index (χ1n) is 11.9. The molecule has 1 N–H and O–H groups in total. The number of hydrogen-bond acceptors (Lipinski definition) is 4. The van der Waals surface area contributed by atoms with Crippen molar-refractivity contribution in [2.24, 2.45) is 5.92 Å². The maximum absolute atomic E-state index is 13.0. The molecule has 2 heterocycles. The Bertz CT molecular complexity index is 1050. The van der Waals surface area contributed by atoms with Gasteiger partial charge >= 0.3 is 12.1 Å². The van der Waals surface area contributed by atoms with E-state index in [1.807, 2.05) is 30.0 Å². The lowest BCUT2D eigenvalue weighted by Crippen LogP contribution is -2.43. The van der Waals surface area contributed by atoms with Crippen molar-refractivity contribution < 1.29 is 27.8 Å². The molecule has 4 rings (SSSR count). The first kappa shape index (κ1) is 25.6. The molecule has 0 spiro atoms. The third kappa shape index (κ3) is 6.41. The number of hydrogen-bond donors (Lipinski definition) is 1. The summed E-state index contributed by atoms with van der Waals surface area (Å²) in [6.07, 6.45) is -0.729. The number of rotatable bonds is 6. The third-order valence-electron chi connectivity index (χ3n) is 6.99. The topological polar surface area (TPSA) is 53.0 Å². The van der Waals surface area contributed by atoms with Crippen LogP contribution in [0.4, 0.5) is 18.9 Å². The zero-order chi connectivity index (χ0) is 25.2. The first-order chi connectivity index (χ1) is 16.6. The van der Waals surface area contributed by atoms with Gasteiger partial charge in [-0.05, 0) is 80.5 Å². The van der Waals surface area contributed by atoms with Gasteiger partial charge in [-0.1, -0.05) is 11.6 Å². The summed E-state index contributed by atoms with van der Waals surface area (Å²) in [5, 5.41) is 10.2. The van der Waals surface area contributed by atoms with Crippen molar-refractivity contribution in [1.29, 1.82) is 0 Å². The Kier molecular flexibility index (Phi) is 7.81. The van der Waals surface area contributed by atoms with Crippen LogP contribution in [0.3, 0.4) is 0 Å². The zero-order valence-corrected chi connectivity index (χ0v) is 20.4. The predicted molar refractivity (Wildman–Crippen MR) is 130 cm³/mol. The van der Waals surface area contributed by atoms with Crippen molar-refractivity contribution in [1.82, 2.24) is 4.90 Å². The SMILES string of the molecule is Cc1cc(Cl)ccc1OC1CCN(CC2CCN(c3ccc(C(F)(F)F)cc3C(=O)O)CC2)CC1. The summed E-state index contributed by atoms with van der Waals surface area (Å²) in [4.78, 5) is 16.0.